The second-order valence-electron chi connectivity index (χ2n) is 4.77. The molecule has 0 saturated heterocycles. The van der Waals surface area contributed by atoms with Crippen molar-refractivity contribution in [2.24, 2.45) is 11.8 Å². The van der Waals surface area contributed by atoms with Crippen LogP contribution < -0.4 is 5.32 Å². The van der Waals surface area contributed by atoms with Gasteiger partial charge in [0.2, 0.25) is 5.91 Å². The van der Waals surface area contributed by atoms with E-state index in [1.54, 1.807) is 11.8 Å². The van der Waals surface area contributed by atoms with Crippen molar-refractivity contribution in [1.82, 2.24) is 0 Å². The van der Waals surface area contributed by atoms with Crippen LogP contribution in [0.4, 0.5) is 5.69 Å². The minimum Gasteiger partial charge on any atom is -0.481 e. The van der Waals surface area contributed by atoms with Crippen molar-refractivity contribution in [3.05, 3.63) is 24.3 Å². The Morgan fingerprint density at radius 3 is 2.68 bits per heavy atom. The summed E-state index contributed by atoms with van der Waals surface area (Å²) in [5, 5.41) is 11.8. The molecule has 0 aliphatic heterocycles. The van der Waals surface area contributed by atoms with Crippen LogP contribution >= 0.6 is 11.8 Å². The van der Waals surface area contributed by atoms with Crippen molar-refractivity contribution in [2.75, 3.05) is 11.6 Å². The molecule has 0 radical (unpaired) electrons. The van der Waals surface area contributed by atoms with Gasteiger partial charge >= 0.3 is 5.97 Å². The van der Waals surface area contributed by atoms with Gasteiger partial charge in [-0.25, -0.2) is 0 Å². The molecule has 4 nitrogen and oxygen atoms in total. The molecule has 19 heavy (non-hydrogen) atoms. The first-order valence-electron chi connectivity index (χ1n) is 6.28. The third kappa shape index (κ3) is 3.50. The van der Waals surface area contributed by atoms with Crippen LogP contribution in [0.1, 0.15) is 19.3 Å². The van der Waals surface area contributed by atoms with Gasteiger partial charge in [-0.2, -0.15) is 0 Å². The Balaban J connectivity index is 1.96. The summed E-state index contributed by atoms with van der Waals surface area (Å²) in [6.45, 7) is 0. The summed E-state index contributed by atoms with van der Waals surface area (Å²) in [6, 6.07) is 7.65. The maximum atomic E-state index is 12.1. The topological polar surface area (TPSA) is 66.4 Å². The van der Waals surface area contributed by atoms with E-state index in [0.29, 0.717) is 19.3 Å². The van der Waals surface area contributed by atoms with Crippen molar-refractivity contribution >= 4 is 29.3 Å². The number of carboxylic acid groups (broad SMARTS) is 1. The minimum atomic E-state index is -0.792. The highest BCUT2D eigenvalue weighted by molar-refractivity contribution is 7.98. The van der Waals surface area contributed by atoms with E-state index in [0.717, 1.165) is 10.6 Å². The quantitative estimate of drug-likeness (QED) is 0.832. The lowest BCUT2D eigenvalue weighted by molar-refractivity contribution is -0.141. The highest BCUT2D eigenvalue weighted by atomic mass is 32.2. The standard InChI is InChI=1S/C14H17NO3S/c1-19-12-4-2-3-11(8-12)15-13(16)9-5-6-10(7-9)14(17)18/h2-4,8-10H,5-7H2,1H3,(H,15,16)(H,17,18)/t9-,10+/m1/s1. The smallest absolute Gasteiger partial charge is 0.306 e. The van der Waals surface area contributed by atoms with Crippen LogP contribution in [0, 0.1) is 11.8 Å². The van der Waals surface area contributed by atoms with Crippen LogP contribution in [0.15, 0.2) is 29.2 Å². The molecule has 2 atom stereocenters. The number of aliphatic carboxylic acids is 1. The molecule has 1 saturated carbocycles. The van der Waals surface area contributed by atoms with Crippen molar-refractivity contribution in [1.29, 1.82) is 0 Å². The van der Waals surface area contributed by atoms with Gasteiger partial charge in [-0.15, -0.1) is 11.8 Å². The number of carbonyl (C=O) groups is 2. The molecule has 0 spiro atoms. The normalized spacial score (nSPS) is 22.2. The Kier molecular flexibility index (Phi) is 4.47. The average Bonchev–Trinajstić information content (AvgIpc) is 2.89. The average molecular weight is 279 g/mol. The summed E-state index contributed by atoms with van der Waals surface area (Å²) < 4.78 is 0. The number of hydrogen-bond donors (Lipinski definition) is 2. The van der Waals surface area contributed by atoms with Crippen molar-refractivity contribution in [2.45, 2.75) is 24.2 Å². The first-order chi connectivity index (χ1) is 9.10. The van der Waals surface area contributed by atoms with E-state index in [1.807, 2.05) is 30.5 Å². The van der Waals surface area contributed by atoms with Gasteiger partial charge in [0, 0.05) is 16.5 Å². The lowest BCUT2D eigenvalue weighted by Gasteiger charge is -2.11. The van der Waals surface area contributed by atoms with E-state index < -0.39 is 5.97 Å². The van der Waals surface area contributed by atoms with Crippen molar-refractivity contribution in [3.63, 3.8) is 0 Å². The molecule has 0 bridgehead atoms. The largest absolute Gasteiger partial charge is 0.481 e. The molecule has 102 valence electrons. The number of carbonyl (C=O) groups excluding carboxylic acids is 1. The van der Waals surface area contributed by atoms with Gasteiger partial charge in [-0.1, -0.05) is 6.07 Å². The van der Waals surface area contributed by atoms with E-state index in [1.165, 1.54) is 0 Å². The first kappa shape index (κ1) is 13.9. The van der Waals surface area contributed by atoms with Crippen LogP contribution in [-0.4, -0.2) is 23.2 Å². The zero-order valence-electron chi connectivity index (χ0n) is 10.8. The number of rotatable bonds is 4. The van der Waals surface area contributed by atoms with Gasteiger partial charge in [0.1, 0.15) is 0 Å². The maximum absolute atomic E-state index is 12.1. The Hall–Kier alpha value is -1.49. The highest BCUT2D eigenvalue weighted by Crippen LogP contribution is 2.32. The van der Waals surface area contributed by atoms with Crippen LogP contribution in [0.5, 0.6) is 0 Å². The van der Waals surface area contributed by atoms with Gasteiger partial charge in [0.05, 0.1) is 5.92 Å². The molecule has 1 aromatic rings. The van der Waals surface area contributed by atoms with Crippen LogP contribution in [0.2, 0.25) is 0 Å². The zero-order valence-corrected chi connectivity index (χ0v) is 11.6. The van der Waals surface area contributed by atoms with Gasteiger partial charge in [-0.3, -0.25) is 9.59 Å². The predicted octanol–water partition coefficient (Wildman–Crippen LogP) is 2.85. The predicted molar refractivity (Wildman–Crippen MR) is 75.3 cm³/mol. The zero-order chi connectivity index (χ0) is 13.8. The van der Waals surface area contributed by atoms with E-state index in [4.69, 9.17) is 5.11 Å². The summed E-state index contributed by atoms with van der Waals surface area (Å²) in [7, 11) is 0. The van der Waals surface area contributed by atoms with Gasteiger partial charge in [0.25, 0.3) is 0 Å². The summed E-state index contributed by atoms with van der Waals surface area (Å²) in [5.41, 5.74) is 0.774. The second-order valence-corrected chi connectivity index (χ2v) is 5.65. The van der Waals surface area contributed by atoms with E-state index in [9.17, 15) is 9.59 Å². The molecule has 2 rings (SSSR count). The molecule has 5 heteroatoms. The molecule has 2 N–H and O–H groups in total. The Morgan fingerprint density at radius 1 is 1.32 bits per heavy atom. The molecule has 0 aromatic heterocycles. The highest BCUT2D eigenvalue weighted by Gasteiger charge is 2.33. The molecule has 1 aromatic carbocycles. The fourth-order valence-corrected chi connectivity index (χ4v) is 2.85. The van der Waals surface area contributed by atoms with Gasteiger partial charge < -0.3 is 10.4 Å². The lowest BCUT2D eigenvalue weighted by atomic mass is 10.0. The van der Waals surface area contributed by atoms with E-state index >= 15 is 0 Å². The number of thioether (sulfide) groups is 1. The molecule has 1 aliphatic carbocycles. The molecule has 0 unspecified atom stereocenters. The van der Waals surface area contributed by atoms with Gasteiger partial charge in [0.15, 0.2) is 0 Å². The number of amides is 1. The Morgan fingerprint density at radius 2 is 2.05 bits per heavy atom. The van der Waals surface area contributed by atoms with Crippen LogP contribution in [0.25, 0.3) is 0 Å². The lowest BCUT2D eigenvalue weighted by Crippen LogP contribution is -2.21. The van der Waals surface area contributed by atoms with Crippen LogP contribution in [0.3, 0.4) is 0 Å². The minimum absolute atomic E-state index is 0.0676. The SMILES string of the molecule is CSc1cccc(NC(=O)[C@@H]2CC[C@H](C(=O)O)C2)c1. The van der Waals surface area contributed by atoms with E-state index in [-0.39, 0.29) is 17.7 Å². The summed E-state index contributed by atoms with van der Waals surface area (Å²) in [5.74, 6) is -1.41. The molecule has 1 aliphatic rings. The van der Waals surface area contributed by atoms with E-state index in [2.05, 4.69) is 5.32 Å². The molecule has 0 heterocycles. The first-order valence-corrected chi connectivity index (χ1v) is 7.50. The fraction of sp³-hybridized carbons (Fsp3) is 0.429. The fourth-order valence-electron chi connectivity index (χ4n) is 2.39. The molecule has 1 amide bonds. The molecule has 1 fully saturated rings. The summed E-state index contributed by atoms with van der Waals surface area (Å²) in [4.78, 5) is 24.0. The second kappa shape index (κ2) is 6.10. The summed E-state index contributed by atoms with van der Waals surface area (Å²) in [6.07, 6.45) is 3.68. The number of carboxylic acids is 1. The van der Waals surface area contributed by atoms with Crippen molar-refractivity contribution < 1.29 is 14.7 Å². The summed E-state index contributed by atoms with van der Waals surface area (Å²) >= 11 is 1.62. The Bertz CT molecular complexity index is 489. The Labute approximate surface area is 116 Å². The van der Waals surface area contributed by atoms with Gasteiger partial charge in [-0.05, 0) is 43.7 Å². The monoisotopic (exact) mass is 279 g/mol. The number of hydrogen-bond acceptors (Lipinski definition) is 3. The van der Waals surface area contributed by atoms with Crippen LogP contribution in [-0.2, 0) is 9.59 Å². The van der Waals surface area contributed by atoms with Crippen molar-refractivity contribution in [3.8, 4) is 0 Å². The number of anilines is 1. The number of nitrogens with one attached hydrogen (secondary N) is 1. The third-order valence-electron chi connectivity index (χ3n) is 3.49. The third-order valence-corrected chi connectivity index (χ3v) is 4.22. The maximum Gasteiger partial charge on any atom is 0.306 e. The molecular formula is C14H17NO3S. The molecular weight excluding hydrogens is 262 g/mol. The number of benzene rings is 1.